The lowest BCUT2D eigenvalue weighted by Crippen LogP contribution is -2.16. The molecule has 0 aliphatic heterocycles. The van der Waals surface area contributed by atoms with E-state index < -0.39 is 34.7 Å². The number of aromatic carboxylic acids is 2. The molecule has 0 spiro atoms. The van der Waals surface area contributed by atoms with Crippen molar-refractivity contribution in [3.63, 3.8) is 0 Å². The molecule has 134 valence electrons. The van der Waals surface area contributed by atoms with Gasteiger partial charge in [-0.1, -0.05) is 26.7 Å². The third-order valence-electron chi connectivity index (χ3n) is 3.21. The van der Waals surface area contributed by atoms with Crippen molar-refractivity contribution in [2.75, 3.05) is 11.5 Å². The highest BCUT2D eigenvalue weighted by Crippen LogP contribution is 2.40. The minimum atomic E-state index is -1.79. The molecule has 0 amide bonds. The second-order valence-electron chi connectivity index (χ2n) is 5.05. The van der Waals surface area contributed by atoms with E-state index in [0.717, 1.165) is 49.2 Å². The molecule has 0 aromatic heterocycles. The molecule has 8 heteroatoms. The maximum Gasteiger partial charge on any atom is 0.339 e. The van der Waals surface area contributed by atoms with Gasteiger partial charge in [0.2, 0.25) is 0 Å². The van der Waals surface area contributed by atoms with Gasteiger partial charge in [0.1, 0.15) is 11.1 Å². The number of rotatable bonds is 10. The van der Waals surface area contributed by atoms with Crippen LogP contribution in [0, 0.1) is 11.6 Å². The Morgan fingerprint density at radius 3 is 1.42 bits per heavy atom. The van der Waals surface area contributed by atoms with Crippen LogP contribution in [0.25, 0.3) is 0 Å². The monoisotopic (exact) mass is 378 g/mol. The van der Waals surface area contributed by atoms with Crippen LogP contribution in [0.4, 0.5) is 8.78 Å². The molecular weight excluding hydrogens is 358 g/mol. The van der Waals surface area contributed by atoms with Gasteiger partial charge < -0.3 is 10.2 Å². The Balaban J connectivity index is 3.50. The van der Waals surface area contributed by atoms with Crippen LogP contribution in [0.3, 0.4) is 0 Å². The molecule has 1 aromatic carbocycles. The van der Waals surface area contributed by atoms with Gasteiger partial charge in [-0.25, -0.2) is 18.4 Å². The standard InChI is InChI=1S/C16H20F2O4S2/c1-3-5-7-23-13-11(17)9(15(19)20)10(16(21)22)12(18)14(13)24-8-6-4-2/h3-8H2,1-2H3,(H,19,20)(H,21,22). The molecule has 4 nitrogen and oxygen atoms in total. The Morgan fingerprint density at radius 1 is 0.833 bits per heavy atom. The molecule has 1 rings (SSSR count). The Labute approximate surface area is 148 Å². The van der Waals surface area contributed by atoms with Crippen molar-refractivity contribution in [3.8, 4) is 0 Å². The summed E-state index contributed by atoms with van der Waals surface area (Å²) in [6.07, 6.45) is 3.23. The van der Waals surface area contributed by atoms with E-state index in [4.69, 9.17) is 10.2 Å². The fourth-order valence-electron chi connectivity index (χ4n) is 1.94. The van der Waals surface area contributed by atoms with Gasteiger partial charge in [0.15, 0.2) is 11.6 Å². The molecule has 0 aliphatic carbocycles. The fourth-order valence-corrected chi connectivity index (χ4v) is 4.47. The number of carboxylic acid groups (broad SMARTS) is 2. The SMILES string of the molecule is CCCCSc1c(F)c(C(=O)O)c(C(=O)O)c(F)c1SCCCC. The summed E-state index contributed by atoms with van der Waals surface area (Å²) < 4.78 is 29.4. The number of unbranched alkanes of at least 4 members (excludes halogenated alkanes) is 2. The molecule has 0 fully saturated rings. The highest BCUT2D eigenvalue weighted by atomic mass is 32.2. The van der Waals surface area contributed by atoms with Crippen molar-refractivity contribution < 1.29 is 28.6 Å². The summed E-state index contributed by atoms with van der Waals surface area (Å²) in [6.45, 7) is 3.90. The van der Waals surface area contributed by atoms with Crippen molar-refractivity contribution in [1.29, 1.82) is 0 Å². The normalized spacial score (nSPS) is 10.8. The van der Waals surface area contributed by atoms with Crippen LogP contribution in [-0.4, -0.2) is 33.7 Å². The van der Waals surface area contributed by atoms with E-state index in [1.807, 2.05) is 13.8 Å². The minimum absolute atomic E-state index is 0.107. The summed E-state index contributed by atoms with van der Waals surface area (Å²) in [5.74, 6) is -4.90. The van der Waals surface area contributed by atoms with Crippen LogP contribution < -0.4 is 0 Å². The van der Waals surface area contributed by atoms with E-state index in [-0.39, 0.29) is 9.79 Å². The Morgan fingerprint density at radius 2 is 1.17 bits per heavy atom. The summed E-state index contributed by atoms with van der Waals surface area (Å²) in [5, 5.41) is 18.3. The van der Waals surface area contributed by atoms with Crippen LogP contribution >= 0.6 is 23.5 Å². The third kappa shape index (κ3) is 4.86. The van der Waals surface area contributed by atoms with Crippen LogP contribution in [0.15, 0.2) is 9.79 Å². The van der Waals surface area contributed by atoms with Gasteiger partial charge in [0.05, 0.1) is 9.79 Å². The van der Waals surface area contributed by atoms with Gasteiger partial charge in [-0.15, -0.1) is 23.5 Å². The van der Waals surface area contributed by atoms with Crippen molar-refractivity contribution >= 4 is 35.5 Å². The molecule has 0 saturated carbocycles. The average Bonchev–Trinajstić information content (AvgIpc) is 2.51. The third-order valence-corrected chi connectivity index (χ3v) is 5.67. The van der Waals surface area contributed by atoms with Crippen LogP contribution in [-0.2, 0) is 0 Å². The first-order valence-electron chi connectivity index (χ1n) is 7.63. The predicted octanol–water partition coefficient (Wildman–Crippen LogP) is 5.15. The summed E-state index contributed by atoms with van der Waals surface area (Å²) in [4.78, 5) is 22.3. The van der Waals surface area contributed by atoms with Gasteiger partial charge in [-0.05, 0) is 24.3 Å². The molecule has 0 bridgehead atoms. The van der Waals surface area contributed by atoms with Crippen molar-refractivity contribution in [3.05, 3.63) is 22.8 Å². The van der Waals surface area contributed by atoms with Gasteiger partial charge in [0.25, 0.3) is 0 Å². The van der Waals surface area contributed by atoms with Gasteiger partial charge >= 0.3 is 11.9 Å². The number of carboxylic acids is 2. The van der Waals surface area contributed by atoms with E-state index in [0.29, 0.717) is 11.5 Å². The van der Waals surface area contributed by atoms with E-state index >= 15 is 0 Å². The Bertz CT molecular complexity index is 568. The van der Waals surface area contributed by atoms with Crippen molar-refractivity contribution in [2.24, 2.45) is 0 Å². The molecule has 2 N–H and O–H groups in total. The lowest BCUT2D eigenvalue weighted by atomic mass is 10.1. The Hall–Kier alpha value is -1.28. The number of hydrogen-bond acceptors (Lipinski definition) is 4. The molecule has 24 heavy (non-hydrogen) atoms. The maximum atomic E-state index is 14.7. The summed E-state index contributed by atoms with van der Waals surface area (Å²) >= 11 is 2.06. The van der Waals surface area contributed by atoms with Crippen LogP contribution in [0.2, 0.25) is 0 Å². The highest BCUT2D eigenvalue weighted by molar-refractivity contribution is 8.02. The maximum absolute atomic E-state index is 14.7. The second-order valence-corrected chi connectivity index (χ2v) is 7.26. The second kappa shape index (κ2) is 9.88. The van der Waals surface area contributed by atoms with E-state index in [1.54, 1.807) is 0 Å². The van der Waals surface area contributed by atoms with Gasteiger partial charge in [0, 0.05) is 0 Å². The largest absolute Gasteiger partial charge is 0.478 e. The molecular formula is C16H20F2O4S2. The number of thioether (sulfide) groups is 2. The molecule has 0 heterocycles. The first-order valence-corrected chi connectivity index (χ1v) is 9.60. The quantitative estimate of drug-likeness (QED) is 0.433. The zero-order valence-corrected chi connectivity index (χ0v) is 15.2. The van der Waals surface area contributed by atoms with E-state index in [2.05, 4.69) is 0 Å². The first-order chi connectivity index (χ1) is 11.4. The van der Waals surface area contributed by atoms with E-state index in [9.17, 15) is 18.4 Å². The molecule has 0 atom stereocenters. The fraction of sp³-hybridized carbons (Fsp3) is 0.500. The van der Waals surface area contributed by atoms with Crippen LogP contribution in [0.5, 0.6) is 0 Å². The number of carbonyl (C=O) groups is 2. The summed E-state index contributed by atoms with van der Waals surface area (Å²) in [7, 11) is 0. The van der Waals surface area contributed by atoms with Crippen LogP contribution in [0.1, 0.15) is 60.2 Å². The van der Waals surface area contributed by atoms with Gasteiger partial charge in [-0.3, -0.25) is 0 Å². The van der Waals surface area contributed by atoms with Crippen molar-refractivity contribution in [2.45, 2.75) is 49.3 Å². The molecule has 0 saturated heterocycles. The number of halogens is 2. The molecule has 1 aromatic rings. The number of benzene rings is 1. The predicted molar refractivity (Wildman–Crippen MR) is 91.5 cm³/mol. The van der Waals surface area contributed by atoms with Gasteiger partial charge in [-0.2, -0.15) is 0 Å². The smallest absolute Gasteiger partial charge is 0.339 e. The molecule has 0 radical (unpaired) electrons. The topological polar surface area (TPSA) is 74.6 Å². The minimum Gasteiger partial charge on any atom is -0.478 e. The van der Waals surface area contributed by atoms with Crippen molar-refractivity contribution in [1.82, 2.24) is 0 Å². The lowest BCUT2D eigenvalue weighted by Gasteiger charge is -2.15. The molecule has 0 unspecified atom stereocenters. The summed E-state index contributed by atoms with van der Waals surface area (Å²) in [5.41, 5.74) is -2.22. The lowest BCUT2D eigenvalue weighted by molar-refractivity contribution is 0.0640. The average molecular weight is 378 g/mol. The zero-order chi connectivity index (χ0) is 18.3. The summed E-state index contributed by atoms with van der Waals surface area (Å²) in [6, 6.07) is 0. The van der Waals surface area contributed by atoms with E-state index in [1.165, 1.54) is 0 Å². The molecule has 0 aliphatic rings. The Kier molecular flexibility index (Phi) is 8.55. The first kappa shape index (κ1) is 20.8. The zero-order valence-electron chi connectivity index (χ0n) is 13.5. The number of hydrogen-bond donors (Lipinski definition) is 2. The highest BCUT2D eigenvalue weighted by Gasteiger charge is 2.32.